The van der Waals surface area contributed by atoms with Crippen molar-refractivity contribution in [1.82, 2.24) is 14.2 Å². The van der Waals surface area contributed by atoms with Crippen molar-refractivity contribution in [1.29, 1.82) is 0 Å². The van der Waals surface area contributed by atoms with E-state index in [-0.39, 0.29) is 0 Å². The van der Waals surface area contributed by atoms with E-state index in [0.717, 1.165) is 70.9 Å². The van der Waals surface area contributed by atoms with Gasteiger partial charge < -0.3 is 9.88 Å². The molecule has 0 saturated carbocycles. The minimum atomic E-state index is 0.619. The van der Waals surface area contributed by atoms with E-state index in [2.05, 4.69) is 34.1 Å². The van der Waals surface area contributed by atoms with Crippen LogP contribution < -0.4 is 5.32 Å². The molecule has 5 aromatic rings. The van der Waals surface area contributed by atoms with Crippen LogP contribution in [0, 0.1) is 6.92 Å². The van der Waals surface area contributed by atoms with Gasteiger partial charge in [0.15, 0.2) is 5.82 Å². The summed E-state index contributed by atoms with van der Waals surface area (Å²) in [6, 6.07) is 24.2. The van der Waals surface area contributed by atoms with E-state index in [0.29, 0.717) is 15.0 Å². The van der Waals surface area contributed by atoms with E-state index in [4.69, 9.17) is 40.5 Å². The zero-order chi connectivity index (χ0) is 24.8. The summed E-state index contributed by atoms with van der Waals surface area (Å²) in [5.74, 6) is 0.924. The quantitative estimate of drug-likeness (QED) is 0.237. The number of aromatic nitrogens is 3. The molecule has 6 rings (SSSR count). The van der Waals surface area contributed by atoms with Crippen LogP contribution in [-0.2, 0) is 13.0 Å². The number of anilines is 1. The molecule has 3 aromatic carbocycles. The van der Waals surface area contributed by atoms with Crippen LogP contribution >= 0.6 is 35.4 Å². The molecular weight excluding hydrogens is 507 g/mol. The predicted octanol–water partition coefficient (Wildman–Crippen LogP) is 8.21. The number of thiocarbonyl (C=S) groups is 1. The Morgan fingerprint density at radius 3 is 2.47 bits per heavy atom. The van der Waals surface area contributed by atoms with Crippen molar-refractivity contribution in [3.8, 4) is 22.5 Å². The SMILES string of the molecule is Cc1c(Cl)cccc1NC(=S)c1c(-c2ccccc2)c2c3n(c(-c4ccc(Cl)cc4)nn13)CCCC2. The van der Waals surface area contributed by atoms with Gasteiger partial charge in [-0.05, 0) is 73.7 Å². The van der Waals surface area contributed by atoms with Crippen molar-refractivity contribution in [3.05, 3.63) is 99.7 Å². The first-order chi connectivity index (χ1) is 17.5. The molecule has 0 aliphatic carbocycles. The van der Waals surface area contributed by atoms with E-state index in [1.165, 1.54) is 5.56 Å². The molecule has 0 amide bonds. The van der Waals surface area contributed by atoms with Crippen LogP contribution in [0.4, 0.5) is 5.69 Å². The van der Waals surface area contributed by atoms with Crippen LogP contribution in [0.2, 0.25) is 10.0 Å². The predicted molar refractivity (Wildman–Crippen MR) is 154 cm³/mol. The first-order valence-corrected chi connectivity index (χ1v) is 13.2. The Morgan fingerprint density at radius 2 is 1.69 bits per heavy atom. The minimum absolute atomic E-state index is 0.619. The molecule has 180 valence electrons. The fraction of sp³-hybridized carbons (Fsp3) is 0.172. The van der Waals surface area contributed by atoms with Crippen molar-refractivity contribution in [2.24, 2.45) is 0 Å². The molecule has 0 radical (unpaired) electrons. The highest BCUT2D eigenvalue weighted by molar-refractivity contribution is 7.81. The third-order valence-electron chi connectivity index (χ3n) is 6.88. The van der Waals surface area contributed by atoms with Gasteiger partial charge in [-0.25, -0.2) is 4.52 Å². The Bertz CT molecular complexity index is 1600. The van der Waals surface area contributed by atoms with Gasteiger partial charge >= 0.3 is 0 Å². The van der Waals surface area contributed by atoms with Gasteiger partial charge in [-0.2, -0.15) is 0 Å². The number of nitrogens with one attached hydrogen (secondary N) is 1. The van der Waals surface area contributed by atoms with Gasteiger partial charge in [0.1, 0.15) is 16.3 Å². The smallest absolute Gasteiger partial charge is 0.162 e. The monoisotopic (exact) mass is 530 g/mol. The molecule has 1 aliphatic rings. The number of benzene rings is 3. The van der Waals surface area contributed by atoms with E-state index >= 15 is 0 Å². The summed E-state index contributed by atoms with van der Waals surface area (Å²) in [7, 11) is 0. The first kappa shape index (κ1) is 23.3. The molecule has 2 aromatic heterocycles. The van der Waals surface area contributed by atoms with Gasteiger partial charge in [0, 0.05) is 39.0 Å². The maximum atomic E-state index is 6.41. The lowest BCUT2D eigenvalue weighted by Gasteiger charge is -2.14. The molecule has 0 spiro atoms. The molecular formula is C29H24Cl2N4S. The van der Waals surface area contributed by atoms with Gasteiger partial charge in [0.05, 0.1) is 0 Å². The number of nitrogens with zero attached hydrogens (tertiary/aromatic N) is 3. The lowest BCUT2D eigenvalue weighted by Crippen LogP contribution is -2.15. The van der Waals surface area contributed by atoms with Crippen molar-refractivity contribution in [3.63, 3.8) is 0 Å². The Balaban J connectivity index is 1.61. The van der Waals surface area contributed by atoms with Crippen LogP contribution in [-0.4, -0.2) is 19.2 Å². The second kappa shape index (κ2) is 9.40. The van der Waals surface area contributed by atoms with Crippen molar-refractivity contribution in [2.45, 2.75) is 32.7 Å². The second-order valence-electron chi connectivity index (χ2n) is 9.11. The van der Waals surface area contributed by atoms with Gasteiger partial charge in [-0.1, -0.05) is 71.8 Å². The van der Waals surface area contributed by atoms with Crippen LogP contribution in [0.1, 0.15) is 29.7 Å². The molecule has 0 fully saturated rings. The van der Waals surface area contributed by atoms with Crippen LogP contribution in [0.25, 0.3) is 28.2 Å². The number of hydrogen-bond donors (Lipinski definition) is 1. The van der Waals surface area contributed by atoms with E-state index in [1.54, 1.807) is 0 Å². The van der Waals surface area contributed by atoms with Gasteiger partial charge in [0.25, 0.3) is 0 Å². The minimum Gasteiger partial charge on any atom is -0.345 e. The Kier molecular flexibility index (Phi) is 6.08. The van der Waals surface area contributed by atoms with E-state index in [9.17, 15) is 0 Å². The lowest BCUT2D eigenvalue weighted by molar-refractivity contribution is 0.645. The Morgan fingerprint density at radius 1 is 0.917 bits per heavy atom. The third kappa shape index (κ3) is 3.92. The summed E-state index contributed by atoms with van der Waals surface area (Å²) in [5.41, 5.74) is 8.47. The van der Waals surface area contributed by atoms with E-state index in [1.807, 2.05) is 60.0 Å². The molecule has 0 saturated heterocycles. The molecule has 7 heteroatoms. The molecule has 1 aliphatic heterocycles. The van der Waals surface area contributed by atoms with Crippen molar-refractivity contribution in [2.75, 3.05) is 5.32 Å². The lowest BCUT2D eigenvalue weighted by atomic mass is 9.98. The number of hydrogen-bond acceptors (Lipinski definition) is 2. The molecule has 1 N–H and O–H groups in total. The highest BCUT2D eigenvalue weighted by atomic mass is 35.5. The third-order valence-corrected chi connectivity index (χ3v) is 7.84. The summed E-state index contributed by atoms with van der Waals surface area (Å²) < 4.78 is 4.39. The van der Waals surface area contributed by atoms with Gasteiger partial charge in [-0.3, -0.25) is 0 Å². The highest BCUT2D eigenvalue weighted by Gasteiger charge is 2.29. The normalized spacial score (nSPS) is 13.1. The Labute approximate surface area is 225 Å². The van der Waals surface area contributed by atoms with Gasteiger partial charge in [0.2, 0.25) is 0 Å². The second-order valence-corrected chi connectivity index (χ2v) is 10.4. The highest BCUT2D eigenvalue weighted by Crippen LogP contribution is 2.39. The maximum Gasteiger partial charge on any atom is 0.162 e. The summed E-state index contributed by atoms with van der Waals surface area (Å²) >= 11 is 18.7. The van der Waals surface area contributed by atoms with E-state index < -0.39 is 0 Å². The first-order valence-electron chi connectivity index (χ1n) is 12.0. The van der Waals surface area contributed by atoms with Crippen LogP contribution in [0.5, 0.6) is 0 Å². The number of halogens is 2. The zero-order valence-corrected chi connectivity index (χ0v) is 22.1. The average Bonchev–Trinajstić information content (AvgIpc) is 3.30. The maximum absolute atomic E-state index is 6.41. The fourth-order valence-corrected chi connectivity index (χ4v) is 5.70. The standard InChI is InChI=1S/C29H24Cl2N4S/c1-18-23(31)11-7-12-24(18)32-28(36)26-25(19-8-3-2-4-9-19)22-10-5-6-17-34-27(33-35(26)29(22)34)20-13-15-21(30)16-14-20/h2-4,7-9,11-16H,5-6,10,17H2,1H3,(H,32,36). The molecule has 36 heavy (non-hydrogen) atoms. The van der Waals surface area contributed by atoms with Crippen molar-refractivity contribution >= 4 is 51.7 Å². The average molecular weight is 532 g/mol. The summed E-state index contributed by atoms with van der Waals surface area (Å²) in [4.78, 5) is 0.619. The molecule has 0 unspecified atom stereocenters. The Hall–Kier alpha value is -3.12. The van der Waals surface area contributed by atoms with Crippen molar-refractivity contribution < 1.29 is 0 Å². The molecule has 0 bridgehead atoms. The summed E-state index contributed by atoms with van der Waals surface area (Å²) in [6.07, 6.45) is 3.17. The molecule has 3 heterocycles. The number of aryl methyl sites for hydroxylation is 2. The topological polar surface area (TPSA) is 34.3 Å². The van der Waals surface area contributed by atoms with Crippen LogP contribution in [0.3, 0.4) is 0 Å². The zero-order valence-electron chi connectivity index (χ0n) is 19.8. The summed E-state index contributed by atoms with van der Waals surface area (Å²) in [6.45, 7) is 2.90. The molecule has 0 atom stereocenters. The summed E-state index contributed by atoms with van der Waals surface area (Å²) in [5, 5.41) is 10.1. The number of rotatable bonds is 4. The van der Waals surface area contributed by atoms with Gasteiger partial charge in [-0.15, -0.1) is 5.10 Å². The largest absolute Gasteiger partial charge is 0.345 e. The fourth-order valence-electron chi connectivity index (χ4n) is 5.10. The van der Waals surface area contributed by atoms with Crippen LogP contribution in [0.15, 0.2) is 72.8 Å². The molecule has 4 nitrogen and oxygen atoms in total.